The van der Waals surface area contributed by atoms with E-state index in [4.69, 9.17) is 9.47 Å². The normalized spacial score (nSPS) is 29.0. The van der Waals surface area contributed by atoms with Crippen molar-refractivity contribution >= 4 is 5.97 Å². The minimum atomic E-state index is -0.165. The van der Waals surface area contributed by atoms with Gasteiger partial charge in [0.05, 0.1) is 19.3 Å². The Bertz CT molecular complexity index is 542. The fourth-order valence-corrected chi connectivity index (χ4v) is 4.23. The molecule has 4 heteroatoms. The van der Waals surface area contributed by atoms with Crippen LogP contribution in [-0.2, 0) is 27.1 Å². The highest BCUT2D eigenvalue weighted by molar-refractivity contribution is 5.69. The molecule has 2 aliphatic rings. The Labute approximate surface area is 137 Å². The molecule has 0 spiro atoms. The number of esters is 1. The molecule has 0 radical (unpaired) electrons. The molecule has 0 aliphatic carbocycles. The van der Waals surface area contributed by atoms with E-state index in [1.807, 2.05) is 6.07 Å². The Morgan fingerprint density at radius 3 is 2.48 bits per heavy atom. The van der Waals surface area contributed by atoms with E-state index in [-0.39, 0.29) is 18.7 Å². The van der Waals surface area contributed by atoms with E-state index in [2.05, 4.69) is 18.2 Å². The Morgan fingerprint density at radius 1 is 1.17 bits per heavy atom. The summed E-state index contributed by atoms with van der Waals surface area (Å²) in [5.41, 5.74) is 2.53. The van der Waals surface area contributed by atoms with Crippen molar-refractivity contribution in [3.05, 3.63) is 35.4 Å². The third-order valence-electron chi connectivity index (χ3n) is 5.49. The summed E-state index contributed by atoms with van der Waals surface area (Å²) < 4.78 is 10.7. The lowest BCUT2D eigenvalue weighted by Crippen LogP contribution is -2.30. The fourth-order valence-electron chi connectivity index (χ4n) is 4.23. The third-order valence-corrected chi connectivity index (χ3v) is 5.49. The third kappa shape index (κ3) is 3.59. The van der Waals surface area contributed by atoms with Crippen LogP contribution in [0.25, 0.3) is 0 Å². The summed E-state index contributed by atoms with van der Waals surface area (Å²) in [7, 11) is 1.43. The number of hydrogen-bond donors (Lipinski definition) is 1. The van der Waals surface area contributed by atoms with E-state index < -0.39 is 0 Å². The highest BCUT2D eigenvalue weighted by atomic mass is 16.5. The van der Waals surface area contributed by atoms with Crippen molar-refractivity contribution in [2.24, 2.45) is 11.8 Å². The second-order valence-corrected chi connectivity index (χ2v) is 6.68. The van der Waals surface area contributed by atoms with Gasteiger partial charge in [-0.1, -0.05) is 24.3 Å². The minimum absolute atomic E-state index is 0.165. The molecule has 2 bridgehead atoms. The Hall–Kier alpha value is -1.39. The molecule has 1 aromatic carbocycles. The van der Waals surface area contributed by atoms with Gasteiger partial charge in [-0.05, 0) is 49.1 Å². The van der Waals surface area contributed by atoms with Gasteiger partial charge in [0, 0.05) is 18.9 Å². The van der Waals surface area contributed by atoms with Crippen molar-refractivity contribution in [3.8, 4) is 0 Å². The number of aryl methyl sites for hydroxylation is 2. The molecule has 126 valence electrons. The van der Waals surface area contributed by atoms with E-state index in [0.29, 0.717) is 24.4 Å². The lowest BCUT2D eigenvalue weighted by Gasteiger charge is -2.26. The summed E-state index contributed by atoms with van der Waals surface area (Å²) in [4.78, 5) is 11.4. The molecule has 0 unspecified atom stereocenters. The molecule has 23 heavy (non-hydrogen) atoms. The molecule has 3 rings (SSSR count). The zero-order valence-corrected chi connectivity index (χ0v) is 13.7. The first-order valence-electron chi connectivity index (χ1n) is 8.63. The van der Waals surface area contributed by atoms with Gasteiger partial charge in [0.25, 0.3) is 0 Å². The molecular weight excluding hydrogens is 292 g/mol. The van der Waals surface area contributed by atoms with Crippen molar-refractivity contribution in [2.75, 3.05) is 13.7 Å². The van der Waals surface area contributed by atoms with Crippen LogP contribution in [0.5, 0.6) is 0 Å². The van der Waals surface area contributed by atoms with Crippen molar-refractivity contribution in [1.29, 1.82) is 0 Å². The molecule has 2 heterocycles. The second-order valence-electron chi connectivity index (χ2n) is 6.68. The molecule has 4 nitrogen and oxygen atoms in total. The van der Waals surface area contributed by atoms with Crippen LogP contribution < -0.4 is 0 Å². The summed E-state index contributed by atoms with van der Waals surface area (Å²) >= 11 is 0. The van der Waals surface area contributed by atoms with Gasteiger partial charge in [-0.15, -0.1) is 0 Å². The molecule has 0 saturated carbocycles. The number of rotatable bonds is 7. The predicted octanol–water partition coefficient (Wildman–Crippen LogP) is 2.51. The maximum absolute atomic E-state index is 11.4. The van der Waals surface area contributed by atoms with Crippen molar-refractivity contribution in [1.82, 2.24) is 0 Å². The number of ether oxygens (including phenoxy) is 2. The van der Waals surface area contributed by atoms with Gasteiger partial charge < -0.3 is 14.6 Å². The van der Waals surface area contributed by atoms with Gasteiger partial charge in [-0.3, -0.25) is 4.79 Å². The van der Waals surface area contributed by atoms with Crippen LogP contribution in [0.2, 0.25) is 0 Å². The second kappa shape index (κ2) is 7.45. The number of aliphatic hydroxyl groups excluding tert-OH is 1. The van der Waals surface area contributed by atoms with Crippen LogP contribution in [-0.4, -0.2) is 37.0 Å². The maximum Gasteiger partial charge on any atom is 0.305 e. The SMILES string of the molecule is COC(=O)CCc1ccccc1CC[C@@H]1[C@H](CO)[C@H]2CC[C@@H]1O2. The monoisotopic (exact) mass is 318 g/mol. The smallest absolute Gasteiger partial charge is 0.305 e. The van der Waals surface area contributed by atoms with Crippen LogP contribution in [0, 0.1) is 11.8 Å². The van der Waals surface area contributed by atoms with E-state index >= 15 is 0 Å². The Morgan fingerprint density at radius 2 is 1.83 bits per heavy atom. The molecule has 2 saturated heterocycles. The summed E-state index contributed by atoms with van der Waals surface area (Å²) in [6.07, 6.45) is 6.00. The lowest BCUT2D eigenvalue weighted by molar-refractivity contribution is -0.140. The molecule has 2 aliphatic heterocycles. The summed E-state index contributed by atoms with van der Waals surface area (Å²) in [6, 6.07) is 8.32. The van der Waals surface area contributed by atoms with E-state index in [0.717, 1.165) is 32.1 Å². The number of methoxy groups -OCH3 is 1. The average Bonchev–Trinajstić information content (AvgIpc) is 3.19. The number of fused-ring (bicyclic) bond motifs is 2. The first kappa shape index (κ1) is 16.5. The predicted molar refractivity (Wildman–Crippen MR) is 87.1 cm³/mol. The lowest BCUT2D eigenvalue weighted by atomic mass is 9.76. The molecule has 1 N–H and O–H groups in total. The zero-order valence-electron chi connectivity index (χ0n) is 13.7. The Balaban J connectivity index is 1.61. The summed E-state index contributed by atoms with van der Waals surface area (Å²) in [5, 5.41) is 9.65. The molecule has 1 aromatic rings. The van der Waals surface area contributed by atoms with Gasteiger partial charge in [0.2, 0.25) is 0 Å². The quantitative estimate of drug-likeness (QED) is 0.785. The highest BCUT2D eigenvalue weighted by Gasteiger charge is 2.47. The number of carbonyl (C=O) groups is 1. The van der Waals surface area contributed by atoms with Crippen LogP contribution in [0.1, 0.15) is 36.8 Å². The van der Waals surface area contributed by atoms with Gasteiger partial charge in [-0.25, -0.2) is 0 Å². The summed E-state index contributed by atoms with van der Waals surface area (Å²) in [5.74, 6) is 0.602. The van der Waals surface area contributed by atoms with E-state index in [1.165, 1.54) is 18.2 Å². The van der Waals surface area contributed by atoms with E-state index in [1.54, 1.807) is 0 Å². The number of carbonyl (C=O) groups excluding carboxylic acids is 1. The number of hydrogen-bond acceptors (Lipinski definition) is 4. The van der Waals surface area contributed by atoms with Crippen LogP contribution >= 0.6 is 0 Å². The molecule has 2 fully saturated rings. The number of benzene rings is 1. The Kier molecular flexibility index (Phi) is 5.34. The van der Waals surface area contributed by atoms with Crippen LogP contribution in [0.15, 0.2) is 24.3 Å². The van der Waals surface area contributed by atoms with Crippen molar-refractivity contribution < 1.29 is 19.4 Å². The van der Waals surface area contributed by atoms with E-state index in [9.17, 15) is 9.90 Å². The first-order valence-corrected chi connectivity index (χ1v) is 8.63. The fraction of sp³-hybridized carbons (Fsp3) is 0.632. The van der Waals surface area contributed by atoms with Gasteiger partial charge in [0.15, 0.2) is 0 Å². The number of aliphatic hydroxyl groups is 1. The first-order chi connectivity index (χ1) is 11.2. The van der Waals surface area contributed by atoms with Crippen molar-refractivity contribution in [2.45, 2.75) is 50.7 Å². The largest absolute Gasteiger partial charge is 0.469 e. The van der Waals surface area contributed by atoms with Crippen molar-refractivity contribution in [3.63, 3.8) is 0 Å². The van der Waals surface area contributed by atoms with Gasteiger partial charge in [-0.2, -0.15) is 0 Å². The zero-order chi connectivity index (χ0) is 16.2. The summed E-state index contributed by atoms with van der Waals surface area (Å²) in [6.45, 7) is 0.232. The average molecular weight is 318 g/mol. The van der Waals surface area contributed by atoms with Gasteiger partial charge in [0.1, 0.15) is 0 Å². The standard InChI is InChI=1S/C19H26O4/c1-22-19(21)11-7-14-5-3-2-4-13(14)6-8-15-16(12-20)18-10-9-17(15)23-18/h2-5,15-18,20H,6-12H2,1H3/t15-,16+,17+,18-/m1/s1. The van der Waals surface area contributed by atoms with Gasteiger partial charge >= 0.3 is 5.97 Å². The van der Waals surface area contributed by atoms with Crippen LogP contribution in [0.3, 0.4) is 0 Å². The molecule has 0 aromatic heterocycles. The molecule has 0 amide bonds. The maximum atomic E-state index is 11.4. The highest BCUT2D eigenvalue weighted by Crippen LogP contribution is 2.45. The molecule has 4 atom stereocenters. The minimum Gasteiger partial charge on any atom is -0.469 e. The molecular formula is C19H26O4. The topological polar surface area (TPSA) is 55.8 Å². The van der Waals surface area contributed by atoms with Crippen LogP contribution in [0.4, 0.5) is 0 Å².